The minimum absolute atomic E-state index is 0.0119. The second kappa shape index (κ2) is 8.30. The molecule has 0 atom stereocenters. The molecule has 0 unspecified atom stereocenters. The maximum absolute atomic E-state index is 12.0. The van der Waals surface area contributed by atoms with Crippen molar-refractivity contribution in [2.45, 2.75) is 4.90 Å². The minimum atomic E-state index is -4.57. The van der Waals surface area contributed by atoms with E-state index in [1.54, 1.807) is 18.3 Å². The summed E-state index contributed by atoms with van der Waals surface area (Å²) < 4.78 is 39.1. The van der Waals surface area contributed by atoms with Gasteiger partial charge in [-0.05, 0) is 34.2 Å². The Labute approximate surface area is 197 Å². The Morgan fingerprint density at radius 2 is 1.91 bits per heavy atom. The fourth-order valence-electron chi connectivity index (χ4n) is 3.76. The van der Waals surface area contributed by atoms with Crippen LogP contribution >= 0.6 is 0 Å². The molecule has 2 heterocycles. The number of ether oxygens (including phenoxy) is 1. The molecule has 0 aliphatic heterocycles. The number of non-ortho nitro benzene ring substituents is 1. The van der Waals surface area contributed by atoms with E-state index in [9.17, 15) is 23.1 Å². The quantitative estimate of drug-likeness (QED) is 0.158. The van der Waals surface area contributed by atoms with Gasteiger partial charge in [0.05, 0.1) is 34.3 Å². The van der Waals surface area contributed by atoms with Crippen LogP contribution in [-0.4, -0.2) is 45.0 Å². The Balaban J connectivity index is 1.82. The van der Waals surface area contributed by atoms with Crippen LogP contribution in [0.1, 0.15) is 0 Å². The number of fused-ring (bicyclic) bond motifs is 1. The van der Waals surface area contributed by atoms with E-state index >= 15 is 0 Å². The highest BCUT2D eigenvalue weighted by molar-refractivity contribution is 7.86. The number of aromatic nitrogens is 5. The molecular weight excluding hydrogens is 476 g/mol. The van der Waals surface area contributed by atoms with Crippen molar-refractivity contribution >= 4 is 26.7 Å². The smallest absolute Gasteiger partial charge is 0.341 e. The first kappa shape index (κ1) is 22.2. The topological polar surface area (TPSA) is 157 Å². The molecule has 0 saturated carbocycles. The van der Waals surface area contributed by atoms with Gasteiger partial charge in [0.2, 0.25) is 5.69 Å². The number of methoxy groups -OCH3 is 1. The van der Waals surface area contributed by atoms with Crippen molar-refractivity contribution in [2.24, 2.45) is 0 Å². The summed E-state index contributed by atoms with van der Waals surface area (Å²) in [6.45, 7) is 0. The number of H-pyrrole nitrogens is 1. The van der Waals surface area contributed by atoms with Gasteiger partial charge in [-0.15, -0.1) is 0 Å². The summed E-state index contributed by atoms with van der Waals surface area (Å²) in [5.41, 5.74) is 1.49. The Morgan fingerprint density at radius 3 is 2.66 bits per heavy atom. The van der Waals surface area contributed by atoms with Crippen LogP contribution in [0.3, 0.4) is 0 Å². The van der Waals surface area contributed by atoms with Crippen molar-refractivity contribution in [3.05, 3.63) is 83.0 Å². The van der Waals surface area contributed by atoms with Gasteiger partial charge >= 0.3 is 5.82 Å². The van der Waals surface area contributed by atoms with Crippen molar-refractivity contribution in [3.8, 4) is 28.5 Å². The molecule has 12 nitrogen and oxygen atoms in total. The molecule has 0 amide bonds. The van der Waals surface area contributed by atoms with E-state index in [2.05, 4.69) is 15.2 Å². The molecule has 0 bridgehead atoms. The van der Waals surface area contributed by atoms with Gasteiger partial charge in [-0.2, -0.15) is 8.42 Å². The second-order valence-electron chi connectivity index (χ2n) is 7.41. The number of benzene rings is 3. The zero-order valence-corrected chi connectivity index (χ0v) is 18.9. The van der Waals surface area contributed by atoms with E-state index in [1.165, 1.54) is 53.1 Å². The Morgan fingerprint density at radius 1 is 1.11 bits per heavy atom. The lowest BCUT2D eigenvalue weighted by Gasteiger charge is -2.06. The molecule has 2 aromatic heterocycles. The number of rotatable bonds is 6. The summed E-state index contributed by atoms with van der Waals surface area (Å²) in [6, 6.07) is 17.1. The highest BCUT2D eigenvalue weighted by Crippen LogP contribution is 2.28. The lowest BCUT2D eigenvalue weighted by atomic mass is 10.2. The van der Waals surface area contributed by atoms with Gasteiger partial charge < -0.3 is 9.72 Å². The standard InChI is InChI=1S/C22H16N6O6S/c1-34-19-13-15(28(29)30)9-10-17(19)26-24-22(16-6-2-3-8-20(16)35(31,32)33)25-27(26)18-7-4-5-14-11-12-23-21(14)18/h2-13,23H,1H3/p+1. The number of nitrogens with one attached hydrogen (secondary N) is 1. The first-order valence-electron chi connectivity index (χ1n) is 10.1. The summed E-state index contributed by atoms with van der Waals surface area (Å²) in [5.74, 6) is 0.133. The van der Waals surface area contributed by atoms with E-state index in [1.807, 2.05) is 18.2 Å². The van der Waals surface area contributed by atoms with Gasteiger partial charge in [0.1, 0.15) is 4.90 Å². The minimum Gasteiger partial charge on any atom is -0.492 e. The van der Waals surface area contributed by atoms with Crippen molar-refractivity contribution < 1.29 is 27.4 Å². The van der Waals surface area contributed by atoms with Crippen LogP contribution in [0.5, 0.6) is 5.75 Å². The fraction of sp³-hybridized carbons (Fsp3) is 0.0455. The molecule has 0 fully saturated rings. The molecule has 0 aliphatic carbocycles. The van der Waals surface area contributed by atoms with E-state index in [0.29, 0.717) is 11.4 Å². The largest absolute Gasteiger partial charge is 0.492 e. The van der Waals surface area contributed by atoms with Gasteiger partial charge in [-0.25, -0.2) is 0 Å². The number of hydrogen-bond acceptors (Lipinski definition) is 7. The highest BCUT2D eigenvalue weighted by Gasteiger charge is 2.31. The van der Waals surface area contributed by atoms with Crippen molar-refractivity contribution in [1.29, 1.82) is 0 Å². The van der Waals surface area contributed by atoms with Crippen LogP contribution in [-0.2, 0) is 10.1 Å². The van der Waals surface area contributed by atoms with Crippen molar-refractivity contribution in [1.82, 2.24) is 20.0 Å². The first-order chi connectivity index (χ1) is 16.8. The monoisotopic (exact) mass is 493 g/mol. The average Bonchev–Trinajstić information content (AvgIpc) is 3.50. The zero-order valence-electron chi connectivity index (χ0n) is 18.1. The number of aromatic amines is 1. The molecule has 13 heteroatoms. The molecule has 176 valence electrons. The molecule has 3 aromatic carbocycles. The summed E-state index contributed by atoms with van der Waals surface area (Å²) in [7, 11) is -3.21. The van der Waals surface area contributed by atoms with Crippen LogP contribution in [0.2, 0.25) is 0 Å². The molecule has 35 heavy (non-hydrogen) atoms. The second-order valence-corrected chi connectivity index (χ2v) is 8.80. The molecule has 0 spiro atoms. The number of tetrazole rings is 1. The number of nitro groups is 1. The maximum atomic E-state index is 12.0. The van der Waals surface area contributed by atoms with Crippen LogP contribution in [0.25, 0.3) is 33.7 Å². The van der Waals surface area contributed by atoms with Gasteiger partial charge in [-0.1, -0.05) is 24.3 Å². The predicted octanol–water partition coefficient (Wildman–Crippen LogP) is 2.86. The lowest BCUT2D eigenvalue weighted by Crippen LogP contribution is -2.43. The lowest BCUT2D eigenvalue weighted by molar-refractivity contribution is -0.734. The SMILES string of the molecule is COc1cc([N+](=O)[O-])ccc1-[n+]1nc(-c2ccccc2S(=O)(=O)O)nn1-c1cccc2cc[nH]c12. The van der Waals surface area contributed by atoms with Gasteiger partial charge in [-0.3, -0.25) is 14.7 Å². The summed E-state index contributed by atoms with van der Waals surface area (Å²) in [4.78, 5) is 16.3. The Bertz CT molecular complexity index is 1710. The molecular formula is C22H17N6O6S+. The van der Waals surface area contributed by atoms with Crippen LogP contribution in [0.15, 0.2) is 77.8 Å². The normalized spacial score (nSPS) is 11.6. The third-order valence-electron chi connectivity index (χ3n) is 5.33. The predicted molar refractivity (Wildman–Crippen MR) is 123 cm³/mol. The number of nitrogens with zero attached hydrogens (tertiary/aromatic N) is 5. The zero-order chi connectivity index (χ0) is 24.7. The van der Waals surface area contributed by atoms with Crippen molar-refractivity contribution in [3.63, 3.8) is 0 Å². The fourth-order valence-corrected chi connectivity index (χ4v) is 4.45. The van der Waals surface area contributed by atoms with Gasteiger partial charge in [0, 0.05) is 28.5 Å². The first-order valence-corrected chi connectivity index (χ1v) is 11.6. The van der Waals surface area contributed by atoms with Crippen LogP contribution < -0.4 is 9.53 Å². The van der Waals surface area contributed by atoms with Crippen LogP contribution in [0.4, 0.5) is 5.69 Å². The molecule has 5 aromatic rings. The molecule has 0 aliphatic rings. The number of hydrogen-bond donors (Lipinski definition) is 2. The molecule has 0 radical (unpaired) electrons. The molecule has 5 rings (SSSR count). The Hall–Kier alpha value is -4.62. The van der Waals surface area contributed by atoms with Gasteiger partial charge in [0.25, 0.3) is 15.8 Å². The average molecular weight is 493 g/mol. The van der Waals surface area contributed by atoms with E-state index in [0.717, 1.165) is 10.9 Å². The van der Waals surface area contributed by atoms with Crippen LogP contribution in [0, 0.1) is 10.1 Å². The molecule has 2 N–H and O–H groups in total. The number of nitro benzene ring substituents is 1. The number of para-hydroxylation sites is 1. The summed E-state index contributed by atoms with van der Waals surface area (Å²) in [5, 5.41) is 21.2. The summed E-state index contributed by atoms with van der Waals surface area (Å²) in [6.07, 6.45) is 1.76. The highest BCUT2D eigenvalue weighted by atomic mass is 32.2. The maximum Gasteiger partial charge on any atom is 0.341 e. The van der Waals surface area contributed by atoms with E-state index < -0.39 is 15.0 Å². The third kappa shape index (κ3) is 3.88. The third-order valence-corrected chi connectivity index (χ3v) is 6.25. The van der Waals surface area contributed by atoms with E-state index in [-0.39, 0.29) is 27.7 Å². The van der Waals surface area contributed by atoms with Crippen molar-refractivity contribution in [2.75, 3.05) is 7.11 Å². The Kier molecular flexibility index (Phi) is 5.26. The van der Waals surface area contributed by atoms with Gasteiger partial charge in [0.15, 0.2) is 11.4 Å². The summed E-state index contributed by atoms with van der Waals surface area (Å²) >= 11 is 0. The van der Waals surface area contributed by atoms with E-state index in [4.69, 9.17) is 4.74 Å². The molecule has 0 saturated heterocycles.